The first-order valence-corrected chi connectivity index (χ1v) is 5.34. The van der Waals surface area contributed by atoms with Gasteiger partial charge in [0.25, 0.3) is 0 Å². The molecular weight excluding hydrogens is 218 g/mol. The van der Waals surface area contributed by atoms with E-state index in [1.54, 1.807) is 31.8 Å². The van der Waals surface area contributed by atoms with Gasteiger partial charge in [0.05, 0.1) is 19.6 Å². The van der Waals surface area contributed by atoms with Gasteiger partial charge in [-0.3, -0.25) is 9.78 Å². The highest BCUT2D eigenvalue weighted by Crippen LogP contribution is 2.13. The number of hydrogen-bond acceptors (Lipinski definition) is 4. The molecule has 0 radical (unpaired) electrons. The average Bonchev–Trinajstić information content (AvgIpc) is 2.89. The first kappa shape index (κ1) is 11.4. The van der Waals surface area contributed by atoms with E-state index in [0.717, 1.165) is 5.76 Å². The van der Waals surface area contributed by atoms with Crippen LogP contribution in [-0.2, 0) is 6.42 Å². The molecule has 0 spiro atoms. The molecule has 0 aliphatic rings. The fraction of sp³-hybridized carbons (Fsp3) is 0.231. The molecule has 0 saturated heterocycles. The van der Waals surface area contributed by atoms with E-state index in [2.05, 4.69) is 4.98 Å². The van der Waals surface area contributed by atoms with E-state index in [1.165, 1.54) is 0 Å². The van der Waals surface area contributed by atoms with Crippen LogP contribution in [0.2, 0.25) is 0 Å². The van der Waals surface area contributed by atoms with E-state index in [4.69, 9.17) is 9.15 Å². The molecular formula is C13H13NO3. The Kier molecular flexibility index (Phi) is 3.55. The lowest BCUT2D eigenvalue weighted by molar-refractivity contribution is 0.0980. The van der Waals surface area contributed by atoms with Gasteiger partial charge in [-0.1, -0.05) is 0 Å². The first-order chi connectivity index (χ1) is 8.29. The molecule has 0 fully saturated rings. The van der Waals surface area contributed by atoms with Gasteiger partial charge >= 0.3 is 0 Å². The second kappa shape index (κ2) is 5.30. The van der Waals surface area contributed by atoms with Gasteiger partial charge in [0.2, 0.25) is 0 Å². The van der Waals surface area contributed by atoms with Gasteiger partial charge in [-0.05, 0) is 18.2 Å². The second-order valence-corrected chi connectivity index (χ2v) is 3.62. The number of hydrogen-bond donors (Lipinski definition) is 0. The summed E-state index contributed by atoms with van der Waals surface area (Å²) in [6.45, 7) is 0. The zero-order valence-corrected chi connectivity index (χ0v) is 9.55. The summed E-state index contributed by atoms with van der Waals surface area (Å²) in [7, 11) is 1.55. The van der Waals surface area contributed by atoms with Crippen LogP contribution in [0.15, 0.2) is 41.3 Å². The zero-order valence-electron chi connectivity index (χ0n) is 9.55. The van der Waals surface area contributed by atoms with Crippen molar-refractivity contribution in [1.82, 2.24) is 4.98 Å². The Morgan fingerprint density at radius 2 is 2.35 bits per heavy atom. The number of ketones is 1. The molecule has 0 aliphatic carbocycles. The molecule has 0 unspecified atom stereocenters. The third-order valence-corrected chi connectivity index (χ3v) is 2.45. The number of carbonyl (C=O) groups excluding carboxylic acids is 1. The summed E-state index contributed by atoms with van der Waals surface area (Å²) in [4.78, 5) is 15.8. The van der Waals surface area contributed by atoms with E-state index in [-0.39, 0.29) is 5.78 Å². The molecule has 4 heteroatoms. The molecule has 0 atom stereocenters. The van der Waals surface area contributed by atoms with E-state index in [0.29, 0.717) is 24.2 Å². The SMILES string of the molecule is COc1cncc(C(=O)CCc2ccco2)c1. The summed E-state index contributed by atoms with van der Waals surface area (Å²) >= 11 is 0. The zero-order chi connectivity index (χ0) is 12.1. The van der Waals surface area contributed by atoms with E-state index >= 15 is 0 Å². The maximum absolute atomic E-state index is 11.9. The Hall–Kier alpha value is -2.10. The third-order valence-electron chi connectivity index (χ3n) is 2.45. The van der Waals surface area contributed by atoms with Crippen LogP contribution in [0.3, 0.4) is 0 Å². The highest BCUT2D eigenvalue weighted by molar-refractivity contribution is 5.96. The van der Waals surface area contributed by atoms with Crippen LogP contribution in [0.5, 0.6) is 5.75 Å². The van der Waals surface area contributed by atoms with Crippen molar-refractivity contribution < 1.29 is 13.9 Å². The molecule has 4 nitrogen and oxygen atoms in total. The molecule has 0 bridgehead atoms. The second-order valence-electron chi connectivity index (χ2n) is 3.62. The van der Waals surface area contributed by atoms with Gasteiger partial charge in [0.1, 0.15) is 11.5 Å². The maximum Gasteiger partial charge on any atom is 0.165 e. The number of furan rings is 1. The smallest absolute Gasteiger partial charge is 0.165 e. The minimum absolute atomic E-state index is 0.0350. The Balaban J connectivity index is 1.99. The van der Waals surface area contributed by atoms with Crippen molar-refractivity contribution in [2.45, 2.75) is 12.8 Å². The average molecular weight is 231 g/mol. The summed E-state index contributed by atoms with van der Waals surface area (Å²) in [5.74, 6) is 1.44. The number of aryl methyl sites for hydroxylation is 1. The van der Waals surface area contributed by atoms with Crippen molar-refractivity contribution in [3.8, 4) is 5.75 Å². The minimum atomic E-state index is 0.0350. The number of ether oxygens (including phenoxy) is 1. The normalized spacial score (nSPS) is 10.2. The summed E-state index contributed by atoms with van der Waals surface area (Å²) in [5.41, 5.74) is 0.566. The van der Waals surface area contributed by atoms with Gasteiger partial charge in [-0.2, -0.15) is 0 Å². The predicted molar refractivity (Wildman–Crippen MR) is 62.1 cm³/mol. The molecule has 2 aromatic rings. The topological polar surface area (TPSA) is 52.3 Å². The molecule has 0 saturated carbocycles. The van der Waals surface area contributed by atoms with E-state index in [9.17, 15) is 4.79 Å². The highest BCUT2D eigenvalue weighted by Gasteiger charge is 2.08. The van der Waals surface area contributed by atoms with Crippen LogP contribution in [0.1, 0.15) is 22.5 Å². The lowest BCUT2D eigenvalue weighted by Gasteiger charge is -2.02. The van der Waals surface area contributed by atoms with Crippen LogP contribution in [0.4, 0.5) is 0 Å². The molecule has 0 amide bonds. The number of nitrogens with zero attached hydrogens (tertiary/aromatic N) is 1. The van der Waals surface area contributed by atoms with E-state index in [1.807, 2.05) is 12.1 Å². The molecule has 0 aromatic carbocycles. The van der Waals surface area contributed by atoms with Gasteiger partial charge in [0, 0.05) is 24.6 Å². The number of methoxy groups -OCH3 is 1. The number of pyridine rings is 1. The van der Waals surface area contributed by atoms with Gasteiger partial charge < -0.3 is 9.15 Å². The maximum atomic E-state index is 11.9. The standard InChI is InChI=1S/C13H13NO3/c1-16-12-7-10(8-14-9-12)13(15)5-4-11-3-2-6-17-11/h2-3,6-9H,4-5H2,1H3. The predicted octanol–water partition coefficient (Wildman–Crippen LogP) is 2.50. The minimum Gasteiger partial charge on any atom is -0.495 e. The lowest BCUT2D eigenvalue weighted by atomic mass is 10.1. The van der Waals surface area contributed by atoms with Crippen LogP contribution in [-0.4, -0.2) is 17.9 Å². The number of rotatable bonds is 5. The van der Waals surface area contributed by atoms with Crippen molar-refractivity contribution >= 4 is 5.78 Å². The van der Waals surface area contributed by atoms with Crippen LogP contribution < -0.4 is 4.74 Å². The van der Waals surface area contributed by atoms with Crippen molar-refractivity contribution in [2.75, 3.05) is 7.11 Å². The van der Waals surface area contributed by atoms with Crippen LogP contribution in [0, 0.1) is 0 Å². The lowest BCUT2D eigenvalue weighted by Crippen LogP contribution is -2.02. The quantitative estimate of drug-likeness (QED) is 0.742. The molecule has 2 aromatic heterocycles. The Bertz CT molecular complexity index is 491. The Morgan fingerprint density at radius 3 is 3.06 bits per heavy atom. The van der Waals surface area contributed by atoms with Crippen molar-refractivity contribution in [2.24, 2.45) is 0 Å². The van der Waals surface area contributed by atoms with Crippen molar-refractivity contribution in [1.29, 1.82) is 0 Å². The van der Waals surface area contributed by atoms with Crippen LogP contribution >= 0.6 is 0 Å². The summed E-state index contributed by atoms with van der Waals surface area (Å²) in [5, 5.41) is 0. The van der Waals surface area contributed by atoms with Gasteiger partial charge in [-0.25, -0.2) is 0 Å². The molecule has 17 heavy (non-hydrogen) atoms. The highest BCUT2D eigenvalue weighted by atomic mass is 16.5. The van der Waals surface area contributed by atoms with E-state index < -0.39 is 0 Å². The van der Waals surface area contributed by atoms with Crippen molar-refractivity contribution in [3.63, 3.8) is 0 Å². The summed E-state index contributed by atoms with van der Waals surface area (Å²) < 4.78 is 10.2. The molecule has 2 rings (SSSR count). The number of aromatic nitrogens is 1. The molecule has 0 N–H and O–H groups in total. The first-order valence-electron chi connectivity index (χ1n) is 5.34. The Labute approximate surface area is 99.2 Å². The van der Waals surface area contributed by atoms with Gasteiger partial charge in [0.15, 0.2) is 5.78 Å². The largest absolute Gasteiger partial charge is 0.495 e. The third kappa shape index (κ3) is 2.93. The summed E-state index contributed by atoms with van der Waals surface area (Å²) in [6, 6.07) is 5.36. The van der Waals surface area contributed by atoms with Crippen molar-refractivity contribution in [3.05, 3.63) is 48.2 Å². The Morgan fingerprint density at radius 1 is 1.47 bits per heavy atom. The van der Waals surface area contributed by atoms with Crippen LogP contribution in [0.25, 0.3) is 0 Å². The molecule has 2 heterocycles. The molecule has 0 aliphatic heterocycles. The molecule has 88 valence electrons. The fourth-order valence-electron chi connectivity index (χ4n) is 1.52. The monoisotopic (exact) mass is 231 g/mol. The number of Topliss-reactive ketones (excluding diaryl/α,β-unsaturated/α-hetero) is 1. The number of carbonyl (C=O) groups is 1. The van der Waals surface area contributed by atoms with Gasteiger partial charge in [-0.15, -0.1) is 0 Å². The summed E-state index contributed by atoms with van der Waals surface area (Å²) in [6.07, 6.45) is 5.73. The fourth-order valence-corrected chi connectivity index (χ4v) is 1.52.